The highest BCUT2D eigenvalue weighted by Crippen LogP contribution is 2.25. The third kappa shape index (κ3) is 9.56. The van der Waals surface area contributed by atoms with Gasteiger partial charge in [0.1, 0.15) is 17.8 Å². The number of nitrogens with one attached hydrogen (secondary N) is 2. The van der Waals surface area contributed by atoms with Crippen LogP contribution in [0.3, 0.4) is 0 Å². The van der Waals surface area contributed by atoms with Gasteiger partial charge in [-0.05, 0) is 56.2 Å². The summed E-state index contributed by atoms with van der Waals surface area (Å²) in [4.78, 5) is 53.8. The molecule has 3 amide bonds. The van der Waals surface area contributed by atoms with Crippen LogP contribution in [0, 0.1) is 17.8 Å². The quantitative estimate of drug-likeness (QED) is 0.381. The van der Waals surface area contributed by atoms with Crippen molar-refractivity contribution in [1.82, 2.24) is 15.5 Å². The Hall–Kier alpha value is -3.07. The average molecular weight is 564 g/mol. The van der Waals surface area contributed by atoms with Crippen LogP contribution in [0.25, 0.3) is 0 Å². The molecule has 0 radical (unpaired) electrons. The van der Waals surface area contributed by atoms with Crippen molar-refractivity contribution >= 4 is 35.3 Å². The zero-order chi connectivity index (χ0) is 29.4. The number of amides is 3. The minimum absolute atomic E-state index is 0.0657. The number of cyclic esters (lactones) is 1. The number of benzene rings is 1. The summed E-state index contributed by atoms with van der Waals surface area (Å²) >= 11 is 6.07. The van der Waals surface area contributed by atoms with Gasteiger partial charge in [-0.3, -0.25) is 14.4 Å². The van der Waals surface area contributed by atoms with E-state index in [1.54, 1.807) is 26.8 Å². The Morgan fingerprint density at radius 2 is 1.79 bits per heavy atom. The first-order chi connectivity index (χ1) is 18.2. The lowest BCUT2D eigenvalue weighted by Crippen LogP contribution is -2.56. The molecule has 0 saturated carbocycles. The van der Waals surface area contributed by atoms with E-state index in [1.807, 2.05) is 20.8 Å². The number of hydrogen-bond donors (Lipinski definition) is 3. The minimum Gasteiger partial charge on any atom is -0.506 e. The molecule has 2 rings (SSSR count). The molecule has 1 heterocycles. The molecule has 9 nitrogen and oxygen atoms in total. The number of hydrogen-bond acceptors (Lipinski definition) is 6. The van der Waals surface area contributed by atoms with E-state index >= 15 is 0 Å². The number of nitrogens with zero attached hydrogens (tertiary/aromatic N) is 1. The highest BCUT2D eigenvalue weighted by Gasteiger charge is 2.33. The number of rotatable bonds is 3. The van der Waals surface area contributed by atoms with Crippen LogP contribution in [0.2, 0.25) is 5.02 Å². The summed E-state index contributed by atoms with van der Waals surface area (Å²) in [5.74, 6) is -2.45. The highest BCUT2D eigenvalue weighted by atomic mass is 35.5. The Bertz CT molecular complexity index is 1090. The molecule has 1 aromatic carbocycles. The molecule has 39 heavy (non-hydrogen) atoms. The van der Waals surface area contributed by atoms with E-state index in [9.17, 15) is 24.3 Å². The van der Waals surface area contributed by atoms with Gasteiger partial charge in [0.15, 0.2) is 0 Å². The van der Waals surface area contributed by atoms with Crippen molar-refractivity contribution < 1.29 is 29.0 Å². The third-order valence-corrected chi connectivity index (χ3v) is 7.21. The number of phenols is 1. The van der Waals surface area contributed by atoms with Crippen molar-refractivity contribution in [2.24, 2.45) is 17.8 Å². The van der Waals surface area contributed by atoms with Gasteiger partial charge >= 0.3 is 5.97 Å². The van der Waals surface area contributed by atoms with Gasteiger partial charge < -0.3 is 25.4 Å². The van der Waals surface area contributed by atoms with E-state index in [4.69, 9.17) is 16.3 Å². The summed E-state index contributed by atoms with van der Waals surface area (Å²) in [5, 5.41) is 15.4. The Morgan fingerprint density at radius 3 is 2.41 bits per heavy atom. The Labute approximate surface area is 236 Å². The smallest absolute Gasteiger partial charge is 0.329 e. The number of allylic oxidation sites excluding steroid dienone is 2. The molecule has 0 aliphatic carbocycles. The Morgan fingerprint density at radius 1 is 1.13 bits per heavy atom. The molecule has 5 atom stereocenters. The molecule has 216 valence electrons. The molecule has 10 heteroatoms. The normalized spacial score (nSPS) is 28.1. The summed E-state index contributed by atoms with van der Waals surface area (Å²) in [7, 11) is 1.47. The molecule has 1 aliphatic rings. The van der Waals surface area contributed by atoms with Gasteiger partial charge in [0.25, 0.3) is 0 Å². The lowest BCUT2D eigenvalue weighted by molar-refractivity contribution is -0.154. The molecule has 0 spiro atoms. The first kappa shape index (κ1) is 32.1. The van der Waals surface area contributed by atoms with Crippen LogP contribution < -0.4 is 10.6 Å². The minimum atomic E-state index is -1.03. The van der Waals surface area contributed by atoms with Crippen LogP contribution in [0.1, 0.15) is 59.9 Å². The fourth-order valence-corrected chi connectivity index (χ4v) is 4.93. The second-order valence-electron chi connectivity index (χ2n) is 11.0. The predicted octanol–water partition coefficient (Wildman–Crippen LogP) is 3.62. The van der Waals surface area contributed by atoms with Gasteiger partial charge in [-0.2, -0.15) is 0 Å². The van der Waals surface area contributed by atoms with Gasteiger partial charge in [-0.15, -0.1) is 0 Å². The molecule has 1 aliphatic heterocycles. The van der Waals surface area contributed by atoms with Gasteiger partial charge in [-0.25, -0.2) is 4.79 Å². The fourth-order valence-electron chi connectivity index (χ4n) is 4.73. The monoisotopic (exact) mass is 563 g/mol. The van der Waals surface area contributed by atoms with Crippen LogP contribution in [-0.4, -0.2) is 65.5 Å². The SMILES string of the molecule is C/C1=C\[C@H](C)C[C@H](C)OC(=O)[C@H](C(C)C)NC(=O)[C@@H](Cc2ccc(O)c(Cl)c2)N(C)C(=O)CNC(=O)[C@@H](C)C1. The number of phenolic OH excluding ortho intramolecular Hbond substituents is 1. The molecule has 0 bridgehead atoms. The molecule has 1 aromatic rings. The van der Waals surface area contributed by atoms with Crippen molar-refractivity contribution in [3.05, 3.63) is 40.4 Å². The molecule has 0 aromatic heterocycles. The van der Waals surface area contributed by atoms with E-state index in [1.165, 1.54) is 24.1 Å². The first-order valence-corrected chi connectivity index (χ1v) is 13.8. The van der Waals surface area contributed by atoms with E-state index in [-0.39, 0.29) is 47.4 Å². The lowest BCUT2D eigenvalue weighted by Gasteiger charge is -2.31. The van der Waals surface area contributed by atoms with Gasteiger partial charge in [0, 0.05) is 19.4 Å². The zero-order valence-corrected chi connectivity index (χ0v) is 24.7. The summed E-state index contributed by atoms with van der Waals surface area (Å²) in [6.07, 6.45) is 2.85. The van der Waals surface area contributed by atoms with E-state index in [0.29, 0.717) is 18.4 Å². The van der Waals surface area contributed by atoms with E-state index in [2.05, 4.69) is 16.7 Å². The van der Waals surface area contributed by atoms with Crippen LogP contribution >= 0.6 is 11.6 Å². The summed E-state index contributed by atoms with van der Waals surface area (Å²) < 4.78 is 5.72. The number of carbonyl (C=O) groups is 4. The van der Waals surface area contributed by atoms with Crippen LogP contribution in [0.5, 0.6) is 5.75 Å². The number of aromatic hydroxyl groups is 1. The summed E-state index contributed by atoms with van der Waals surface area (Å²) in [5.41, 5.74) is 1.64. The highest BCUT2D eigenvalue weighted by molar-refractivity contribution is 6.32. The molecule has 3 N–H and O–H groups in total. The second kappa shape index (κ2) is 14.4. The second-order valence-corrected chi connectivity index (χ2v) is 11.4. The molecular weight excluding hydrogens is 522 g/mol. The van der Waals surface area contributed by atoms with Gasteiger partial charge in [0.05, 0.1) is 17.7 Å². The van der Waals surface area contributed by atoms with Gasteiger partial charge in [0.2, 0.25) is 17.7 Å². The standard InChI is InChI=1S/C29H42ClN3O6/c1-16(2)26-29(38)39-20(6)12-18(4)10-17(3)11-19(5)27(36)31-15-25(35)33(7)23(28(37)32-26)14-21-8-9-24(34)22(30)13-21/h8-10,13,16,18-20,23,26,34H,11-12,14-15H2,1-7H3,(H,31,36)(H,32,37)/b17-10+/t18-,19-,20-,23+,26-/m0/s1. The maximum absolute atomic E-state index is 13.6. The van der Waals surface area contributed by atoms with Crippen LogP contribution in [-0.2, 0) is 30.3 Å². The zero-order valence-electron chi connectivity index (χ0n) is 23.9. The number of carbonyl (C=O) groups excluding carboxylic acids is 4. The summed E-state index contributed by atoms with van der Waals surface area (Å²) in [6, 6.07) is 2.58. The molecule has 0 saturated heterocycles. The largest absolute Gasteiger partial charge is 0.506 e. The number of esters is 1. The lowest BCUT2D eigenvalue weighted by atomic mass is 9.95. The Kier molecular flexibility index (Phi) is 11.8. The fraction of sp³-hybridized carbons (Fsp3) is 0.586. The van der Waals surface area contributed by atoms with Crippen molar-refractivity contribution in [3.8, 4) is 5.75 Å². The van der Waals surface area contributed by atoms with Crippen molar-refractivity contribution in [2.75, 3.05) is 13.6 Å². The van der Waals surface area contributed by atoms with Crippen LogP contribution in [0.4, 0.5) is 0 Å². The number of ether oxygens (including phenoxy) is 1. The molecule has 0 fully saturated rings. The number of halogens is 1. The topological polar surface area (TPSA) is 125 Å². The predicted molar refractivity (Wildman–Crippen MR) is 150 cm³/mol. The maximum atomic E-state index is 13.6. The third-order valence-electron chi connectivity index (χ3n) is 6.90. The van der Waals surface area contributed by atoms with Crippen molar-refractivity contribution in [1.29, 1.82) is 0 Å². The maximum Gasteiger partial charge on any atom is 0.329 e. The molecule has 0 unspecified atom stereocenters. The van der Waals surface area contributed by atoms with E-state index < -0.39 is 36.0 Å². The summed E-state index contributed by atoms with van der Waals surface area (Å²) in [6.45, 7) is 10.9. The Balaban J connectivity index is 2.43. The van der Waals surface area contributed by atoms with Crippen LogP contribution in [0.15, 0.2) is 29.8 Å². The average Bonchev–Trinajstić information content (AvgIpc) is 2.84. The van der Waals surface area contributed by atoms with Gasteiger partial charge in [-0.1, -0.05) is 57.0 Å². The van der Waals surface area contributed by atoms with Crippen molar-refractivity contribution in [2.45, 2.75) is 79.0 Å². The first-order valence-electron chi connectivity index (χ1n) is 13.4. The van der Waals surface area contributed by atoms with Crippen molar-refractivity contribution in [3.63, 3.8) is 0 Å². The molecular formula is C29H42ClN3O6. The number of likely N-dealkylation sites (N-methyl/N-ethyl adjacent to an activating group) is 1. The van der Waals surface area contributed by atoms with E-state index in [0.717, 1.165) is 5.57 Å².